The van der Waals surface area contributed by atoms with Crippen LogP contribution in [0, 0.1) is 0 Å². The van der Waals surface area contributed by atoms with Gasteiger partial charge < -0.3 is 10.2 Å². The van der Waals surface area contributed by atoms with E-state index in [-0.39, 0.29) is 6.42 Å². The van der Waals surface area contributed by atoms with Crippen LogP contribution >= 0.6 is 0 Å². The zero-order valence-electron chi connectivity index (χ0n) is 7.73. The Hall–Kier alpha value is -1.58. The standard InChI is InChI=1S/C6H8O2.C3H6O2/c1-2-3-4-5-6(7)8;1-2-3(4)5/h2-5H,1H3,(H,7,8);2H2,1H3,(H,4,5)/b3-2+,5-4+;. The molecule has 4 heteroatoms. The van der Waals surface area contributed by atoms with Crippen LogP contribution in [0.3, 0.4) is 0 Å². The zero-order valence-corrected chi connectivity index (χ0v) is 7.73. The minimum Gasteiger partial charge on any atom is -0.481 e. The highest BCUT2D eigenvalue weighted by molar-refractivity contribution is 5.80. The summed E-state index contributed by atoms with van der Waals surface area (Å²) >= 11 is 0. The molecule has 0 bridgehead atoms. The van der Waals surface area contributed by atoms with Gasteiger partial charge in [-0.2, -0.15) is 0 Å². The molecule has 0 saturated carbocycles. The van der Waals surface area contributed by atoms with E-state index < -0.39 is 11.9 Å². The highest BCUT2D eigenvalue weighted by atomic mass is 16.4. The van der Waals surface area contributed by atoms with Crippen molar-refractivity contribution in [2.24, 2.45) is 0 Å². The summed E-state index contributed by atoms with van der Waals surface area (Å²) in [6, 6.07) is 0. The molecule has 0 radical (unpaired) electrons. The van der Waals surface area contributed by atoms with Gasteiger partial charge in [-0.3, -0.25) is 4.79 Å². The predicted octanol–water partition coefficient (Wildman–Crippen LogP) is 1.68. The van der Waals surface area contributed by atoms with E-state index in [9.17, 15) is 9.59 Å². The van der Waals surface area contributed by atoms with Crippen LogP contribution < -0.4 is 0 Å². The van der Waals surface area contributed by atoms with Gasteiger partial charge in [0, 0.05) is 12.5 Å². The smallest absolute Gasteiger partial charge is 0.328 e. The Morgan fingerprint density at radius 3 is 1.92 bits per heavy atom. The maximum atomic E-state index is 9.75. The summed E-state index contributed by atoms with van der Waals surface area (Å²) in [5.74, 6) is -1.66. The van der Waals surface area contributed by atoms with Crippen LogP contribution in [-0.2, 0) is 9.59 Å². The largest absolute Gasteiger partial charge is 0.481 e. The van der Waals surface area contributed by atoms with E-state index in [4.69, 9.17) is 10.2 Å². The summed E-state index contributed by atoms with van der Waals surface area (Å²) in [7, 11) is 0. The van der Waals surface area contributed by atoms with Gasteiger partial charge in [-0.15, -0.1) is 0 Å². The molecule has 0 heterocycles. The fourth-order valence-corrected chi connectivity index (χ4v) is 0.249. The first-order valence-electron chi connectivity index (χ1n) is 3.78. The summed E-state index contributed by atoms with van der Waals surface area (Å²) < 4.78 is 0. The van der Waals surface area contributed by atoms with Crippen LogP contribution in [0.4, 0.5) is 0 Å². The van der Waals surface area contributed by atoms with E-state index in [1.807, 2.05) is 6.92 Å². The topological polar surface area (TPSA) is 74.6 Å². The van der Waals surface area contributed by atoms with Crippen LogP contribution in [0.15, 0.2) is 24.3 Å². The molecule has 0 amide bonds. The maximum Gasteiger partial charge on any atom is 0.328 e. The molecule has 0 aromatic rings. The first-order chi connectivity index (χ1) is 6.04. The van der Waals surface area contributed by atoms with E-state index in [1.54, 1.807) is 19.1 Å². The number of hydrogen-bond donors (Lipinski definition) is 2. The second kappa shape index (κ2) is 10.4. The van der Waals surface area contributed by atoms with Gasteiger partial charge in [0.1, 0.15) is 0 Å². The minimum atomic E-state index is -0.914. The number of carboxylic acid groups (broad SMARTS) is 2. The van der Waals surface area contributed by atoms with Gasteiger partial charge in [0.05, 0.1) is 0 Å². The average Bonchev–Trinajstić information content (AvgIpc) is 2.05. The van der Waals surface area contributed by atoms with Crippen LogP contribution in [0.25, 0.3) is 0 Å². The number of carbonyl (C=O) groups is 2. The van der Waals surface area contributed by atoms with E-state index in [0.717, 1.165) is 6.08 Å². The van der Waals surface area contributed by atoms with Crippen LogP contribution in [-0.4, -0.2) is 22.2 Å². The highest BCUT2D eigenvalue weighted by Gasteiger charge is 1.80. The first-order valence-corrected chi connectivity index (χ1v) is 3.78. The normalized spacial score (nSPS) is 9.69. The Morgan fingerprint density at radius 2 is 1.69 bits per heavy atom. The van der Waals surface area contributed by atoms with E-state index in [1.165, 1.54) is 6.08 Å². The zero-order chi connectivity index (χ0) is 10.7. The van der Waals surface area contributed by atoms with Gasteiger partial charge in [-0.25, -0.2) is 4.79 Å². The molecule has 0 saturated heterocycles. The molecule has 0 spiro atoms. The molecule has 0 aliphatic heterocycles. The highest BCUT2D eigenvalue weighted by Crippen LogP contribution is 1.74. The van der Waals surface area contributed by atoms with Crippen LogP contribution in [0.2, 0.25) is 0 Å². The number of rotatable bonds is 3. The summed E-state index contributed by atoms with van der Waals surface area (Å²) in [5, 5.41) is 15.7. The van der Waals surface area contributed by atoms with Crippen molar-refractivity contribution in [3.05, 3.63) is 24.3 Å². The molecule has 13 heavy (non-hydrogen) atoms. The van der Waals surface area contributed by atoms with Crippen molar-refractivity contribution >= 4 is 11.9 Å². The van der Waals surface area contributed by atoms with Crippen molar-refractivity contribution in [2.75, 3.05) is 0 Å². The second-order valence-electron chi connectivity index (χ2n) is 1.97. The molecule has 0 aliphatic rings. The molecule has 74 valence electrons. The van der Waals surface area contributed by atoms with Gasteiger partial charge in [0.15, 0.2) is 0 Å². The third-order valence-corrected chi connectivity index (χ3v) is 0.845. The van der Waals surface area contributed by atoms with Crippen LogP contribution in [0.5, 0.6) is 0 Å². The molecule has 0 rings (SSSR count). The first kappa shape index (κ1) is 14.0. The summed E-state index contributed by atoms with van der Waals surface area (Å²) in [6.45, 7) is 3.43. The second-order valence-corrected chi connectivity index (χ2v) is 1.97. The molecule has 0 aliphatic carbocycles. The molecule has 0 unspecified atom stereocenters. The summed E-state index contributed by atoms with van der Waals surface area (Å²) in [5.41, 5.74) is 0. The summed E-state index contributed by atoms with van der Waals surface area (Å²) in [6.07, 6.45) is 6.20. The average molecular weight is 186 g/mol. The van der Waals surface area contributed by atoms with E-state index >= 15 is 0 Å². The lowest BCUT2D eigenvalue weighted by atomic mass is 10.4. The lowest BCUT2D eigenvalue weighted by Gasteiger charge is -1.72. The molecular formula is C9H14O4. The third-order valence-electron chi connectivity index (χ3n) is 0.845. The van der Waals surface area contributed by atoms with Crippen molar-refractivity contribution in [2.45, 2.75) is 20.3 Å². The maximum absolute atomic E-state index is 9.75. The van der Waals surface area contributed by atoms with Gasteiger partial charge in [-0.05, 0) is 6.92 Å². The van der Waals surface area contributed by atoms with Crippen molar-refractivity contribution in [3.8, 4) is 0 Å². The Kier molecular flexibility index (Phi) is 11.2. The van der Waals surface area contributed by atoms with Crippen molar-refractivity contribution in [1.29, 1.82) is 0 Å². The molecular weight excluding hydrogens is 172 g/mol. The predicted molar refractivity (Wildman–Crippen MR) is 49.5 cm³/mol. The van der Waals surface area contributed by atoms with Gasteiger partial charge in [0.25, 0.3) is 0 Å². The minimum absolute atomic E-state index is 0.222. The van der Waals surface area contributed by atoms with Gasteiger partial charge in [-0.1, -0.05) is 25.2 Å². The number of hydrogen-bond acceptors (Lipinski definition) is 2. The van der Waals surface area contributed by atoms with Crippen LogP contribution in [0.1, 0.15) is 20.3 Å². The van der Waals surface area contributed by atoms with E-state index in [0.29, 0.717) is 0 Å². The van der Waals surface area contributed by atoms with Crippen molar-refractivity contribution in [3.63, 3.8) is 0 Å². The molecule has 0 atom stereocenters. The van der Waals surface area contributed by atoms with Gasteiger partial charge >= 0.3 is 11.9 Å². The van der Waals surface area contributed by atoms with E-state index in [2.05, 4.69) is 0 Å². The monoisotopic (exact) mass is 186 g/mol. The molecule has 0 aromatic carbocycles. The molecule has 0 fully saturated rings. The molecule has 0 aromatic heterocycles. The Bertz CT molecular complexity index is 204. The lowest BCUT2D eigenvalue weighted by Crippen LogP contribution is -1.86. The Morgan fingerprint density at radius 1 is 1.23 bits per heavy atom. The summed E-state index contributed by atoms with van der Waals surface area (Å²) in [4.78, 5) is 19.1. The van der Waals surface area contributed by atoms with Gasteiger partial charge in [0.2, 0.25) is 0 Å². The van der Waals surface area contributed by atoms with Crippen molar-refractivity contribution < 1.29 is 19.8 Å². The number of aliphatic carboxylic acids is 2. The third kappa shape index (κ3) is 25.1. The number of carboxylic acids is 2. The Balaban J connectivity index is 0. The fraction of sp³-hybridized carbons (Fsp3) is 0.333. The molecule has 4 nitrogen and oxygen atoms in total. The van der Waals surface area contributed by atoms with Crippen molar-refractivity contribution in [1.82, 2.24) is 0 Å². The molecule has 2 N–H and O–H groups in total. The number of allylic oxidation sites excluding steroid dienone is 3. The Labute approximate surface area is 77.2 Å². The lowest BCUT2D eigenvalue weighted by molar-refractivity contribution is -0.136. The quantitative estimate of drug-likeness (QED) is 0.519. The fourth-order valence-electron chi connectivity index (χ4n) is 0.249. The SMILES string of the molecule is C/C=C/C=C/C(=O)O.CCC(=O)O.